The van der Waals surface area contributed by atoms with E-state index in [4.69, 9.17) is 9.47 Å². The van der Waals surface area contributed by atoms with Crippen molar-refractivity contribution in [2.45, 2.75) is 32.4 Å². The van der Waals surface area contributed by atoms with E-state index in [2.05, 4.69) is 18.3 Å². The lowest BCUT2D eigenvalue weighted by molar-refractivity contribution is 0.277. The zero-order valence-corrected chi connectivity index (χ0v) is 10.3. The molecule has 0 amide bonds. The molecule has 2 atom stereocenters. The van der Waals surface area contributed by atoms with E-state index < -0.39 is 0 Å². The number of hydrogen-bond donors (Lipinski definition) is 1. The number of methoxy groups -OCH3 is 2. The van der Waals surface area contributed by atoms with Crippen LogP contribution in [-0.2, 0) is 0 Å². The minimum Gasteiger partial charge on any atom is -0.496 e. The average Bonchev–Trinajstić information content (AvgIpc) is 2.24. The molecule has 1 aromatic carbocycles. The maximum absolute atomic E-state index is 5.42. The smallest absolute Gasteiger partial charge is 0.124 e. The minimum absolute atomic E-state index is 0.402. The van der Waals surface area contributed by atoms with E-state index in [-0.39, 0.29) is 0 Å². The monoisotopic (exact) mass is 221 g/mol. The maximum atomic E-state index is 5.42. The van der Waals surface area contributed by atoms with Crippen LogP contribution in [0.15, 0.2) is 12.1 Å². The molecule has 2 unspecified atom stereocenters. The van der Waals surface area contributed by atoms with E-state index in [1.54, 1.807) is 14.2 Å². The zero-order chi connectivity index (χ0) is 11.7. The van der Waals surface area contributed by atoms with Crippen LogP contribution in [0.4, 0.5) is 0 Å². The molecule has 0 bridgehead atoms. The number of hydrogen-bond acceptors (Lipinski definition) is 3. The van der Waals surface area contributed by atoms with Gasteiger partial charge in [0, 0.05) is 17.6 Å². The fourth-order valence-corrected chi connectivity index (χ4v) is 2.24. The summed E-state index contributed by atoms with van der Waals surface area (Å²) < 4.78 is 10.8. The second-order valence-corrected chi connectivity index (χ2v) is 4.42. The van der Waals surface area contributed by atoms with Gasteiger partial charge >= 0.3 is 0 Å². The highest BCUT2D eigenvalue weighted by Crippen LogP contribution is 2.37. The Kier molecular flexibility index (Phi) is 3.06. The topological polar surface area (TPSA) is 30.5 Å². The predicted molar refractivity (Wildman–Crippen MR) is 64.2 cm³/mol. The van der Waals surface area contributed by atoms with Gasteiger partial charge in [-0.2, -0.15) is 0 Å². The van der Waals surface area contributed by atoms with E-state index >= 15 is 0 Å². The van der Waals surface area contributed by atoms with Gasteiger partial charge < -0.3 is 14.8 Å². The number of nitrogens with one attached hydrogen (secondary N) is 1. The van der Waals surface area contributed by atoms with Crippen molar-refractivity contribution in [3.05, 3.63) is 23.3 Å². The van der Waals surface area contributed by atoms with E-state index in [1.807, 2.05) is 13.0 Å². The van der Waals surface area contributed by atoms with Gasteiger partial charge in [-0.25, -0.2) is 0 Å². The molecule has 3 nitrogen and oxygen atoms in total. The van der Waals surface area contributed by atoms with Gasteiger partial charge in [-0.3, -0.25) is 0 Å². The number of rotatable bonds is 3. The molecule has 0 saturated carbocycles. The van der Waals surface area contributed by atoms with Gasteiger partial charge in [0.25, 0.3) is 0 Å². The van der Waals surface area contributed by atoms with Crippen LogP contribution in [-0.4, -0.2) is 20.3 Å². The average molecular weight is 221 g/mol. The molecule has 1 saturated heterocycles. The summed E-state index contributed by atoms with van der Waals surface area (Å²) in [6.45, 7) is 4.22. The van der Waals surface area contributed by atoms with Gasteiger partial charge in [-0.05, 0) is 38.0 Å². The summed E-state index contributed by atoms with van der Waals surface area (Å²) >= 11 is 0. The van der Waals surface area contributed by atoms with Crippen molar-refractivity contribution >= 4 is 0 Å². The number of aryl methyl sites for hydroxylation is 1. The summed E-state index contributed by atoms with van der Waals surface area (Å²) in [6, 6.07) is 5.12. The molecular weight excluding hydrogens is 202 g/mol. The second-order valence-electron chi connectivity index (χ2n) is 4.42. The lowest BCUT2D eigenvalue weighted by Gasteiger charge is -2.36. The Morgan fingerprint density at radius 2 is 1.81 bits per heavy atom. The van der Waals surface area contributed by atoms with Crippen molar-refractivity contribution in [3.8, 4) is 11.5 Å². The minimum atomic E-state index is 0.402. The van der Waals surface area contributed by atoms with Crippen LogP contribution in [0, 0.1) is 6.92 Å². The van der Waals surface area contributed by atoms with Crippen molar-refractivity contribution in [1.82, 2.24) is 5.32 Å². The summed E-state index contributed by atoms with van der Waals surface area (Å²) in [7, 11) is 3.42. The molecule has 1 N–H and O–H groups in total. The first-order valence-electron chi connectivity index (χ1n) is 5.64. The summed E-state index contributed by atoms with van der Waals surface area (Å²) in [5.74, 6) is 1.87. The Morgan fingerprint density at radius 1 is 1.19 bits per heavy atom. The zero-order valence-electron chi connectivity index (χ0n) is 10.3. The van der Waals surface area contributed by atoms with Gasteiger partial charge in [-0.15, -0.1) is 0 Å². The lowest BCUT2D eigenvalue weighted by atomic mass is 9.90. The Bertz CT molecular complexity index is 384. The maximum Gasteiger partial charge on any atom is 0.124 e. The Balaban J connectivity index is 2.34. The molecule has 1 heterocycles. The van der Waals surface area contributed by atoms with Crippen LogP contribution in [0.25, 0.3) is 0 Å². The largest absolute Gasteiger partial charge is 0.496 e. The van der Waals surface area contributed by atoms with Gasteiger partial charge in [0.2, 0.25) is 0 Å². The van der Waals surface area contributed by atoms with E-state index in [0.717, 1.165) is 23.5 Å². The molecular formula is C13H19NO2. The third-order valence-corrected chi connectivity index (χ3v) is 3.20. The molecule has 0 aromatic heterocycles. The molecule has 0 radical (unpaired) electrons. The molecule has 3 heteroatoms. The lowest BCUT2D eigenvalue weighted by Crippen LogP contribution is -2.43. The third kappa shape index (κ3) is 1.87. The first kappa shape index (κ1) is 11.3. The van der Waals surface area contributed by atoms with Crippen LogP contribution >= 0.6 is 0 Å². The van der Waals surface area contributed by atoms with Crippen LogP contribution in [0.5, 0.6) is 11.5 Å². The Hall–Kier alpha value is -1.22. The van der Waals surface area contributed by atoms with Crippen LogP contribution in [0.3, 0.4) is 0 Å². The molecule has 0 spiro atoms. The normalized spacial score (nSPS) is 23.8. The molecule has 88 valence electrons. The van der Waals surface area contributed by atoms with Crippen LogP contribution < -0.4 is 14.8 Å². The molecule has 0 aliphatic carbocycles. The highest BCUT2D eigenvalue weighted by Gasteiger charge is 2.28. The van der Waals surface area contributed by atoms with Crippen LogP contribution in [0.1, 0.15) is 30.5 Å². The first-order chi connectivity index (χ1) is 7.65. The van der Waals surface area contributed by atoms with Gasteiger partial charge in [0.1, 0.15) is 11.5 Å². The fraction of sp³-hybridized carbons (Fsp3) is 0.538. The first-order valence-corrected chi connectivity index (χ1v) is 5.64. The van der Waals surface area contributed by atoms with E-state index in [1.165, 1.54) is 5.56 Å². The molecule has 1 aliphatic heterocycles. The Morgan fingerprint density at radius 3 is 2.31 bits per heavy atom. The highest BCUT2D eigenvalue weighted by atomic mass is 16.5. The molecule has 1 aliphatic rings. The van der Waals surface area contributed by atoms with Crippen molar-refractivity contribution in [3.63, 3.8) is 0 Å². The summed E-state index contributed by atoms with van der Waals surface area (Å²) in [4.78, 5) is 0. The Labute approximate surface area is 96.8 Å². The van der Waals surface area contributed by atoms with Gasteiger partial charge in [-0.1, -0.05) is 0 Å². The predicted octanol–water partition coefficient (Wildman–Crippen LogP) is 2.44. The van der Waals surface area contributed by atoms with Crippen molar-refractivity contribution in [2.75, 3.05) is 14.2 Å². The third-order valence-electron chi connectivity index (χ3n) is 3.20. The van der Waals surface area contributed by atoms with Crippen molar-refractivity contribution in [1.29, 1.82) is 0 Å². The fourth-order valence-electron chi connectivity index (χ4n) is 2.24. The summed E-state index contributed by atoms with van der Waals surface area (Å²) in [5, 5.41) is 3.47. The quantitative estimate of drug-likeness (QED) is 0.850. The van der Waals surface area contributed by atoms with Crippen molar-refractivity contribution < 1.29 is 9.47 Å². The van der Waals surface area contributed by atoms with E-state index in [0.29, 0.717) is 12.1 Å². The number of benzene rings is 1. The van der Waals surface area contributed by atoms with Gasteiger partial charge in [0.05, 0.1) is 14.2 Å². The highest BCUT2D eigenvalue weighted by molar-refractivity contribution is 5.48. The molecule has 16 heavy (non-hydrogen) atoms. The molecule has 2 rings (SSSR count). The number of ether oxygens (including phenoxy) is 2. The molecule has 1 fully saturated rings. The van der Waals surface area contributed by atoms with Crippen LogP contribution in [0.2, 0.25) is 0 Å². The molecule has 1 aromatic rings. The van der Waals surface area contributed by atoms with E-state index in [9.17, 15) is 0 Å². The van der Waals surface area contributed by atoms with Gasteiger partial charge in [0.15, 0.2) is 0 Å². The second kappa shape index (κ2) is 4.34. The summed E-state index contributed by atoms with van der Waals surface area (Å²) in [6.07, 6.45) is 1.16. The summed E-state index contributed by atoms with van der Waals surface area (Å²) in [5.41, 5.74) is 2.30. The van der Waals surface area contributed by atoms with Crippen molar-refractivity contribution in [2.24, 2.45) is 0 Å². The SMILES string of the molecule is COc1cc(C2CC(C)N2)c(OC)cc1C. The standard InChI is InChI=1S/C13H19NO2/c1-8-5-13(16-4)10(7-12(8)15-3)11-6-9(2)14-11/h5,7,9,11,14H,6H2,1-4H3.